The molecule has 1 aromatic rings. The van der Waals surface area contributed by atoms with Crippen LogP contribution in [0.2, 0.25) is 0 Å². The molecule has 0 spiro atoms. The van der Waals surface area contributed by atoms with Crippen LogP contribution in [0.25, 0.3) is 0 Å². The number of nitrogens with zero attached hydrogens (tertiary/aromatic N) is 1. The molecule has 0 aliphatic rings. The number of esters is 1. The first-order valence-corrected chi connectivity index (χ1v) is 6.83. The molecule has 0 N–H and O–H groups in total. The van der Waals surface area contributed by atoms with Gasteiger partial charge in [-0.05, 0) is 31.0 Å². The summed E-state index contributed by atoms with van der Waals surface area (Å²) in [7, 11) is 3.09. The zero-order chi connectivity index (χ0) is 14.4. The number of aryl methyl sites for hydroxylation is 1. The Morgan fingerprint density at radius 3 is 2.63 bits per heavy atom. The van der Waals surface area contributed by atoms with Crippen molar-refractivity contribution in [1.82, 2.24) is 4.90 Å². The molecular formula is C14H18BrNO3. The zero-order valence-corrected chi connectivity index (χ0v) is 13.0. The third-order valence-electron chi connectivity index (χ3n) is 2.87. The standard InChI is InChI=1S/C14H18BrNO3/c1-10-6-7-11(9-12(10)15)14(18)16(2)8-4-5-13(17)19-3/h6-7,9H,4-5,8H2,1-3H3. The Morgan fingerprint density at radius 1 is 1.37 bits per heavy atom. The SMILES string of the molecule is COC(=O)CCCN(C)C(=O)c1ccc(C)c(Br)c1. The Morgan fingerprint density at radius 2 is 2.05 bits per heavy atom. The molecule has 1 rings (SSSR count). The van der Waals surface area contributed by atoms with Crippen molar-refractivity contribution in [2.24, 2.45) is 0 Å². The van der Waals surface area contributed by atoms with E-state index in [1.807, 2.05) is 19.1 Å². The second-order valence-corrected chi connectivity index (χ2v) is 5.22. The van der Waals surface area contributed by atoms with E-state index in [1.54, 1.807) is 18.0 Å². The molecule has 0 atom stereocenters. The van der Waals surface area contributed by atoms with Crippen molar-refractivity contribution in [2.75, 3.05) is 20.7 Å². The minimum atomic E-state index is -0.251. The molecule has 104 valence electrons. The average molecular weight is 328 g/mol. The Kier molecular flexibility index (Phi) is 6.02. The Hall–Kier alpha value is -1.36. The monoisotopic (exact) mass is 327 g/mol. The van der Waals surface area contributed by atoms with Gasteiger partial charge in [0.25, 0.3) is 5.91 Å². The van der Waals surface area contributed by atoms with E-state index < -0.39 is 0 Å². The minimum absolute atomic E-state index is 0.0504. The van der Waals surface area contributed by atoms with Gasteiger partial charge in [-0.25, -0.2) is 0 Å². The summed E-state index contributed by atoms with van der Waals surface area (Å²) in [5, 5.41) is 0. The van der Waals surface area contributed by atoms with E-state index in [0.29, 0.717) is 24.9 Å². The molecule has 0 bridgehead atoms. The Balaban J connectivity index is 2.56. The van der Waals surface area contributed by atoms with Crippen molar-refractivity contribution in [3.05, 3.63) is 33.8 Å². The molecule has 0 radical (unpaired) electrons. The first-order valence-electron chi connectivity index (χ1n) is 6.04. The lowest BCUT2D eigenvalue weighted by Crippen LogP contribution is -2.28. The number of hydrogen-bond donors (Lipinski definition) is 0. The number of methoxy groups -OCH3 is 1. The van der Waals surface area contributed by atoms with Crippen LogP contribution in [-0.2, 0) is 9.53 Å². The van der Waals surface area contributed by atoms with Crippen molar-refractivity contribution < 1.29 is 14.3 Å². The largest absolute Gasteiger partial charge is 0.469 e. The molecule has 1 aromatic carbocycles. The van der Waals surface area contributed by atoms with Crippen LogP contribution in [0.3, 0.4) is 0 Å². The lowest BCUT2D eigenvalue weighted by atomic mass is 10.1. The minimum Gasteiger partial charge on any atom is -0.469 e. The van der Waals surface area contributed by atoms with Crippen LogP contribution in [0.15, 0.2) is 22.7 Å². The summed E-state index contributed by atoms with van der Waals surface area (Å²) in [4.78, 5) is 24.7. The number of carbonyl (C=O) groups excluding carboxylic acids is 2. The van der Waals surface area contributed by atoms with Crippen LogP contribution in [0.1, 0.15) is 28.8 Å². The summed E-state index contributed by atoms with van der Waals surface area (Å²) >= 11 is 3.41. The number of amides is 1. The smallest absolute Gasteiger partial charge is 0.305 e. The molecule has 0 heterocycles. The van der Waals surface area contributed by atoms with Gasteiger partial charge in [-0.1, -0.05) is 22.0 Å². The summed E-state index contributed by atoms with van der Waals surface area (Å²) in [6, 6.07) is 5.52. The van der Waals surface area contributed by atoms with Crippen LogP contribution < -0.4 is 0 Å². The molecule has 0 aliphatic carbocycles. The fourth-order valence-electron chi connectivity index (χ4n) is 1.61. The number of ether oxygens (including phenoxy) is 1. The zero-order valence-electron chi connectivity index (χ0n) is 11.4. The second kappa shape index (κ2) is 7.28. The van der Waals surface area contributed by atoms with Gasteiger partial charge < -0.3 is 9.64 Å². The molecule has 5 heteroatoms. The summed E-state index contributed by atoms with van der Waals surface area (Å²) in [5.74, 6) is -0.301. The summed E-state index contributed by atoms with van der Waals surface area (Å²) < 4.78 is 5.48. The van der Waals surface area contributed by atoms with Crippen molar-refractivity contribution in [2.45, 2.75) is 19.8 Å². The average Bonchev–Trinajstić information content (AvgIpc) is 2.40. The van der Waals surface area contributed by atoms with E-state index in [1.165, 1.54) is 7.11 Å². The lowest BCUT2D eigenvalue weighted by molar-refractivity contribution is -0.140. The van der Waals surface area contributed by atoms with Gasteiger partial charge in [-0.15, -0.1) is 0 Å². The van der Waals surface area contributed by atoms with Gasteiger partial charge >= 0.3 is 5.97 Å². The lowest BCUT2D eigenvalue weighted by Gasteiger charge is -2.17. The molecule has 0 aliphatic heterocycles. The maximum absolute atomic E-state index is 12.1. The van der Waals surface area contributed by atoms with Crippen molar-refractivity contribution in [1.29, 1.82) is 0 Å². The van der Waals surface area contributed by atoms with Crippen molar-refractivity contribution >= 4 is 27.8 Å². The number of halogens is 1. The molecular weight excluding hydrogens is 310 g/mol. The number of rotatable bonds is 5. The predicted molar refractivity (Wildman–Crippen MR) is 77.1 cm³/mol. The van der Waals surface area contributed by atoms with Gasteiger partial charge in [0.05, 0.1) is 7.11 Å². The van der Waals surface area contributed by atoms with Crippen molar-refractivity contribution in [3.63, 3.8) is 0 Å². The molecule has 0 saturated carbocycles. The summed E-state index contributed by atoms with van der Waals surface area (Å²) in [6.45, 7) is 2.50. The third kappa shape index (κ3) is 4.67. The highest BCUT2D eigenvalue weighted by Gasteiger charge is 2.13. The fourth-order valence-corrected chi connectivity index (χ4v) is 1.99. The topological polar surface area (TPSA) is 46.6 Å². The quantitative estimate of drug-likeness (QED) is 0.781. The molecule has 0 saturated heterocycles. The third-order valence-corrected chi connectivity index (χ3v) is 3.72. The van der Waals surface area contributed by atoms with Crippen LogP contribution >= 0.6 is 15.9 Å². The van der Waals surface area contributed by atoms with Gasteiger partial charge in [0, 0.05) is 30.0 Å². The van der Waals surface area contributed by atoms with Gasteiger partial charge in [0.1, 0.15) is 0 Å². The van der Waals surface area contributed by atoms with E-state index in [2.05, 4.69) is 20.7 Å². The highest BCUT2D eigenvalue weighted by atomic mass is 79.9. The first-order chi connectivity index (χ1) is 8.95. The van der Waals surface area contributed by atoms with Crippen LogP contribution in [0.5, 0.6) is 0 Å². The van der Waals surface area contributed by atoms with Gasteiger partial charge in [-0.3, -0.25) is 9.59 Å². The van der Waals surface area contributed by atoms with E-state index in [0.717, 1.165) is 10.0 Å². The maximum atomic E-state index is 12.1. The van der Waals surface area contributed by atoms with E-state index in [4.69, 9.17) is 0 Å². The fraction of sp³-hybridized carbons (Fsp3) is 0.429. The highest BCUT2D eigenvalue weighted by molar-refractivity contribution is 9.10. The van der Waals surface area contributed by atoms with Gasteiger partial charge in [0.2, 0.25) is 0 Å². The van der Waals surface area contributed by atoms with E-state index in [9.17, 15) is 9.59 Å². The molecule has 4 nitrogen and oxygen atoms in total. The molecule has 1 amide bonds. The summed E-state index contributed by atoms with van der Waals surface area (Å²) in [6.07, 6.45) is 0.924. The van der Waals surface area contributed by atoms with Crippen LogP contribution in [-0.4, -0.2) is 37.5 Å². The Bertz CT molecular complexity index is 474. The van der Waals surface area contributed by atoms with Crippen molar-refractivity contribution in [3.8, 4) is 0 Å². The van der Waals surface area contributed by atoms with Gasteiger partial charge in [-0.2, -0.15) is 0 Å². The first kappa shape index (κ1) is 15.7. The number of hydrogen-bond acceptors (Lipinski definition) is 3. The number of carbonyl (C=O) groups is 2. The van der Waals surface area contributed by atoms with Gasteiger partial charge in [0.15, 0.2) is 0 Å². The maximum Gasteiger partial charge on any atom is 0.305 e. The normalized spacial score (nSPS) is 10.1. The van der Waals surface area contributed by atoms with E-state index in [-0.39, 0.29) is 11.9 Å². The molecule has 19 heavy (non-hydrogen) atoms. The van der Waals surface area contributed by atoms with Crippen LogP contribution in [0.4, 0.5) is 0 Å². The molecule has 0 fully saturated rings. The van der Waals surface area contributed by atoms with E-state index >= 15 is 0 Å². The predicted octanol–water partition coefficient (Wildman–Crippen LogP) is 2.78. The molecule has 0 unspecified atom stereocenters. The molecule has 0 aromatic heterocycles. The highest BCUT2D eigenvalue weighted by Crippen LogP contribution is 2.18. The second-order valence-electron chi connectivity index (χ2n) is 4.37. The summed E-state index contributed by atoms with van der Waals surface area (Å²) in [5.41, 5.74) is 1.72. The Labute approximate surface area is 121 Å². The number of benzene rings is 1. The van der Waals surface area contributed by atoms with Crippen LogP contribution in [0, 0.1) is 6.92 Å².